The number of rotatable bonds is 3. The molecule has 0 radical (unpaired) electrons. The van der Waals surface area contributed by atoms with Gasteiger partial charge in [-0.05, 0) is 48.2 Å². The number of nitrogens with zero attached hydrogens (tertiary/aromatic N) is 2. The van der Waals surface area contributed by atoms with Gasteiger partial charge in [0.1, 0.15) is 11.3 Å². The Labute approximate surface area is 184 Å². The molecule has 0 bridgehead atoms. The molecule has 2 heterocycles. The number of hydrogen-bond acceptors (Lipinski definition) is 4. The molecule has 6 heteroatoms. The van der Waals surface area contributed by atoms with Crippen molar-refractivity contribution in [2.75, 3.05) is 11.2 Å². The largest absolute Gasteiger partial charge is 0.478 e. The second-order valence-corrected chi connectivity index (χ2v) is 8.61. The molecule has 0 saturated carbocycles. The van der Waals surface area contributed by atoms with Crippen LogP contribution in [0.4, 0.5) is 11.4 Å². The number of thioether (sulfide) groups is 1. The van der Waals surface area contributed by atoms with Gasteiger partial charge in [0.15, 0.2) is 0 Å². The summed E-state index contributed by atoms with van der Waals surface area (Å²) in [6, 6.07) is 24.9. The Bertz CT molecular complexity index is 1130. The number of para-hydroxylation sites is 3. The van der Waals surface area contributed by atoms with E-state index in [0.717, 1.165) is 22.0 Å². The van der Waals surface area contributed by atoms with Crippen LogP contribution in [0, 0.1) is 0 Å². The number of aliphatic imine (C=N–C) groups is 1. The van der Waals surface area contributed by atoms with Gasteiger partial charge in [0.25, 0.3) is 5.91 Å². The molecule has 0 N–H and O–H groups in total. The Hall–Kier alpha value is -2.76. The van der Waals surface area contributed by atoms with Crippen LogP contribution in [-0.2, 0) is 10.3 Å². The molecule has 4 nitrogen and oxygen atoms in total. The molecule has 1 saturated heterocycles. The Kier molecular flexibility index (Phi) is 4.80. The molecule has 3 aromatic carbocycles. The van der Waals surface area contributed by atoms with Crippen molar-refractivity contribution in [2.24, 2.45) is 4.99 Å². The van der Waals surface area contributed by atoms with Gasteiger partial charge in [-0.15, -0.1) is 11.8 Å². The van der Waals surface area contributed by atoms with Crippen molar-refractivity contribution in [3.63, 3.8) is 0 Å². The van der Waals surface area contributed by atoms with Crippen LogP contribution < -0.4 is 9.64 Å². The van der Waals surface area contributed by atoms with Gasteiger partial charge in [0.2, 0.25) is 6.10 Å². The van der Waals surface area contributed by atoms with E-state index in [0.29, 0.717) is 17.2 Å². The lowest BCUT2D eigenvalue weighted by atomic mass is 9.72. The molecule has 0 spiro atoms. The summed E-state index contributed by atoms with van der Waals surface area (Å²) in [7, 11) is 0. The van der Waals surface area contributed by atoms with Gasteiger partial charge in [-0.3, -0.25) is 9.69 Å². The van der Waals surface area contributed by atoms with E-state index in [4.69, 9.17) is 21.3 Å². The molecule has 1 fully saturated rings. The second-order valence-electron chi connectivity index (χ2n) is 7.29. The van der Waals surface area contributed by atoms with E-state index >= 15 is 0 Å². The van der Waals surface area contributed by atoms with Crippen LogP contribution in [0.5, 0.6) is 5.75 Å². The van der Waals surface area contributed by atoms with Crippen LogP contribution in [0.3, 0.4) is 0 Å². The molecule has 150 valence electrons. The molecule has 0 aromatic heterocycles. The van der Waals surface area contributed by atoms with E-state index in [1.54, 1.807) is 11.8 Å². The number of carbonyl (C=O) groups is 1. The average Bonchev–Trinajstić information content (AvgIpc) is 2.91. The number of fused-ring (bicyclic) bond motifs is 3. The number of anilines is 1. The summed E-state index contributed by atoms with van der Waals surface area (Å²) < 4.78 is 6.30. The van der Waals surface area contributed by atoms with Crippen LogP contribution in [0.25, 0.3) is 0 Å². The molecule has 5 rings (SSSR count). The number of amides is 1. The van der Waals surface area contributed by atoms with Crippen molar-refractivity contribution >= 4 is 45.7 Å². The lowest BCUT2D eigenvalue weighted by Gasteiger charge is -2.56. The van der Waals surface area contributed by atoms with Gasteiger partial charge < -0.3 is 4.74 Å². The summed E-state index contributed by atoms with van der Waals surface area (Å²) in [6.45, 7) is 0. The molecule has 30 heavy (non-hydrogen) atoms. The van der Waals surface area contributed by atoms with E-state index in [-0.39, 0.29) is 5.91 Å². The average molecular weight is 435 g/mol. The maximum Gasteiger partial charge on any atom is 0.271 e. The summed E-state index contributed by atoms with van der Waals surface area (Å²) in [5, 5.41) is 1.61. The summed E-state index contributed by atoms with van der Waals surface area (Å²) in [4.78, 5) is 20.2. The highest BCUT2D eigenvalue weighted by Crippen LogP contribution is 2.54. The van der Waals surface area contributed by atoms with Gasteiger partial charge in [0, 0.05) is 11.4 Å². The lowest BCUT2D eigenvalue weighted by molar-refractivity contribution is -0.141. The Morgan fingerprint density at radius 2 is 1.73 bits per heavy atom. The number of carbonyl (C=O) groups excluding carboxylic acids is 1. The van der Waals surface area contributed by atoms with Gasteiger partial charge in [-0.25, -0.2) is 4.99 Å². The minimum Gasteiger partial charge on any atom is -0.478 e. The summed E-state index contributed by atoms with van der Waals surface area (Å²) in [5.41, 5.74) is 1.87. The van der Waals surface area contributed by atoms with Crippen molar-refractivity contribution in [2.45, 2.75) is 18.1 Å². The van der Waals surface area contributed by atoms with Gasteiger partial charge in [-0.1, -0.05) is 54.1 Å². The van der Waals surface area contributed by atoms with Crippen molar-refractivity contribution in [1.29, 1.82) is 0 Å². The zero-order valence-corrected chi connectivity index (χ0v) is 17.9. The molecular weight excluding hydrogens is 416 g/mol. The first-order chi connectivity index (χ1) is 14.6. The number of β-lactam (4-membered cyclic amide) rings is 1. The third-order valence-electron chi connectivity index (χ3n) is 5.64. The Morgan fingerprint density at radius 3 is 2.47 bits per heavy atom. The standard InChI is InChI=1S/C24H19ClN2O2S/c1-30-21-15-24(16-11-13-17(25)14-12-16)22(29-18-7-3-2-4-8-18)23(28)27(24)20-10-6-5-9-19(20)26-21/h2-14,22H,15H2,1H3. The van der Waals surface area contributed by atoms with Gasteiger partial charge in [-0.2, -0.15) is 0 Å². The van der Waals surface area contributed by atoms with E-state index < -0.39 is 11.6 Å². The third-order valence-corrected chi connectivity index (χ3v) is 6.60. The SMILES string of the molecule is CSC1=Nc2ccccc2N2C(=O)C(Oc3ccccc3)C2(c2ccc(Cl)cc2)C1. The summed E-state index contributed by atoms with van der Waals surface area (Å²) in [6.07, 6.45) is 1.91. The van der Waals surface area contributed by atoms with Crippen LogP contribution in [0.1, 0.15) is 12.0 Å². The van der Waals surface area contributed by atoms with Gasteiger partial charge >= 0.3 is 0 Å². The highest BCUT2D eigenvalue weighted by molar-refractivity contribution is 8.13. The van der Waals surface area contributed by atoms with Crippen molar-refractivity contribution in [3.8, 4) is 5.75 Å². The molecule has 2 aliphatic heterocycles. The minimum absolute atomic E-state index is 0.0705. The van der Waals surface area contributed by atoms with Crippen LogP contribution >= 0.6 is 23.4 Å². The fraction of sp³-hybridized carbons (Fsp3) is 0.167. The first-order valence-electron chi connectivity index (χ1n) is 9.66. The van der Waals surface area contributed by atoms with Crippen molar-refractivity contribution in [1.82, 2.24) is 0 Å². The maximum absolute atomic E-state index is 13.5. The normalized spacial score (nSPS) is 22.3. The smallest absolute Gasteiger partial charge is 0.271 e. The molecule has 2 unspecified atom stereocenters. The fourth-order valence-electron chi connectivity index (χ4n) is 4.25. The number of hydrogen-bond donors (Lipinski definition) is 0. The topological polar surface area (TPSA) is 41.9 Å². The zero-order chi connectivity index (χ0) is 20.7. The van der Waals surface area contributed by atoms with Crippen LogP contribution in [0.2, 0.25) is 5.02 Å². The monoisotopic (exact) mass is 434 g/mol. The van der Waals surface area contributed by atoms with E-state index in [2.05, 4.69) is 0 Å². The molecule has 2 aliphatic rings. The van der Waals surface area contributed by atoms with Gasteiger partial charge in [0.05, 0.1) is 16.4 Å². The molecular formula is C24H19ClN2O2S. The minimum atomic E-state index is -0.702. The predicted molar refractivity (Wildman–Crippen MR) is 123 cm³/mol. The van der Waals surface area contributed by atoms with E-state index in [9.17, 15) is 4.79 Å². The fourth-order valence-corrected chi connectivity index (χ4v) is 4.93. The number of halogens is 1. The zero-order valence-electron chi connectivity index (χ0n) is 16.3. The first kappa shape index (κ1) is 19.2. The van der Waals surface area contributed by atoms with Crippen molar-refractivity contribution < 1.29 is 9.53 Å². The van der Waals surface area contributed by atoms with Crippen LogP contribution in [-0.4, -0.2) is 23.3 Å². The molecule has 3 aromatic rings. The second kappa shape index (κ2) is 7.49. The lowest BCUT2D eigenvalue weighted by Crippen LogP contribution is -2.74. The maximum atomic E-state index is 13.5. The van der Waals surface area contributed by atoms with Crippen LogP contribution in [0.15, 0.2) is 83.9 Å². The number of ether oxygens (including phenoxy) is 1. The van der Waals surface area contributed by atoms with E-state index in [1.165, 1.54) is 0 Å². The molecule has 2 atom stereocenters. The van der Waals surface area contributed by atoms with Crippen molar-refractivity contribution in [3.05, 3.63) is 89.4 Å². The highest BCUT2D eigenvalue weighted by atomic mass is 35.5. The third kappa shape index (κ3) is 2.92. The molecule has 1 amide bonds. The summed E-state index contributed by atoms with van der Waals surface area (Å²) >= 11 is 7.77. The Balaban J connectivity index is 1.70. The highest BCUT2D eigenvalue weighted by Gasteiger charge is 2.65. The van der Waals surface area contributed by atoms with E-state index in [1.807, 2.05) is 90.0 Å². The quantitative estimate of drug-likeness (QED) is 0.487. The first-order valence-corrected chi connectivity index (χ1v) is 11.3. The number of benzene rings is 3. The summed E-state index contributed by atoms with van der Waals surface area (Å²) in [5.74, 6) is 0.600. The molecule has 0 aliphatic carbocycles. The predicted octanol–water partition coefficient (Wildman–Crippen LogP) is 5.83. The Morgan fingerprint density at radius 1 is 1.03 bits per heavy atom.